The van der Waals surface area contributed by atoms with Gasteiger partial charge in [-0.15, -0.1) is 0 Å². The van der Waals surface area contributed by atoms with Crippen LogP contribution < -0.4 is 0 Å². The van der Waals surface area contributed by atoms with Gasteiger partial charge in [0.25, 0.3) is 5.91 Å². The zero-order valence-corrected chi connectivity index (χ0v) is 14.7. The highest BCUT2D eigenvalue weighted by atomic mass is 19.1. The van der Waals surface area contributed by atoms with Crippen LogP contribution in [0.15, 0.2) is 24.3 Å². The van der Waals surface area contributed by atoms with Crippen molar-refractivity contribution in [3.05, 3.63) is 35.6 Å². The molecule has 0 N–H and O–H groups in total. The van der Waals surface area contributed by atoms with Gasteiger partial charge in [-0.2, -0.15) is 0 Å². The predicted molar refractivity (Wildman–Crippen MR) is 94.5 cm³/mol. The number of carbonyl (C=O) groups excluding carboxylic acids is 1. The molecule has 0 bridgehead atoms. The Balaban J connectivity index is 1.72. The van der Waals surface area contributed by atoms with Crippen molar-refractivity contribution in [2.45, 2.75) is 51.5 Å². The molecule has 3 nitrogen and oxygen atoms in total. The molecule has 132 valence electrons. The Morgan fingerprint density at radius 1 is 1.08 bits per heavy atom. The number of hydrogen-bond acceptors (Lipinski definition) is 2. The van der Waals surface area contributed by atoms with Crippen molar-refractivity contribution in [1.82, 2.24) is 9.80 Å². The molecule has 0 aromatic heterocycles. The number of piperidine rings is 1. The van der Waals surface area contributed by atoms with Crippen molar-refractivity contribution in [1.29, 1.82) is 0 Å². The molecule has 2 aliphatic heterocycles. The van der Waals surface area contributed by atoms with Crippen LogP contribution >= 0.6 is 0 Å². The number of carbonyl (C=O) groups is 1. The lowest BCUT2D eigenvalue weighted by Crippen LogP contribution is -2.48. The van der Waals surface area contributed by atoms with Crippen LogP contribution in [-0.2, 0) is 0 Å². The summed E-state index contributed by atoms with van der Waals surface area (Å²) in [6.07, 6.45) is 6.87. The summed E-state index contributed by atoms with van der Waals surface area (Å²) in [6, 6.07) is 6.60. The maximum absolute atomic E-state index is 14.1. The van der Waals surface area contributed by atoms with E-state index in [4.69, 9.17) is 0 Å². The van der Waals surface area contributed by atoms with Gasteiger partial charge in [0.15, 0.2) is 0 Å². The van der Waals surface area contributed by atoms with E-state index in [9.17, 15) is 9.18 Å². The van der Waals surface area contributed by atoms with E-state index in [2.05, 4.69) is 11.8 Å². The number of likely N-dealkylation sites (tertiary alicyclic amines) is 2. The van der Waals surface area contributed by atoms with Crippen molar-refractivity contribution in [2.24, 2.45) is 5.92 Å². The van der Waals surface area contributed by atoms with E-state index in [1.165, 1.54) is 18.9 Å². The highest BCUT2D eigenvalue weighted by molar-refractivity contribution is 5.94. The van der Waals surface area contributed by atoms with Crippen molar-refractivity contribution >= 4 is 5.91 Å². The van der Waals surface area contributed by atoms with Crippen molar-refractivity contribution < 1.29 is 9.18 Å². The Labute approximate surface area is 144 Å². The van der Waals surface area contributed by atoms with E-state index in [0.29, 0.717) is 0 Å². The molecule has 1 aromatic carbocycles. The minimum Gasteiger partial charge on any atom is -0.334 e. The first kappa shape index (κ1) is 17.4. The molecular weight excluding hydrogens is 303 g/mol. The smallest absolute Gasteiger partial charge is 0.257 e. The number of nitrogens with zero attached hydrogens (tertiary/aromatic N) is 2. The summed E-state index contributed by atoms with van der Waals surface area (Å²) in [6.45, 7) is 6.25. The lowest BCUT2D eigenvalue weighted by molar-refractivity contribution is 0.0601. The molecule has 2 fully saturated rings. The third-order valence-electron chi connectivity index (χ3n) is 5.59. The molecule has 3 rings (SSSR count). The van der Waals surface area contributed by atoms with Gasteiger partial charge in [-0.05, 0) is 56.8 Å². The molecule has 2 saturated heterocycles. The van der Waals surface area contributed by atoms with E-state index in [0.717, 1.165) is 57.8 Å². The Morgan fingerprint density at radius 2 is 1.83 bits per heavy atom. The van der Waals surface area contributed by atoms with E-state index in [-0.39, 0.29) is 17.5 Å². The zero-order chi connectivity index (χ0) is 16.9. The summed E-state index contributed by atoms with van der Waals surface area (Å²) in [7, 11) is 0. The van der Waals surface area contributed by atoms with Gasteiger partial charge < -0.3 is 9.80 Å². The highest BCUT2D eigenvalue weighted by Gasteiger charge is 2.29. The van der Waals surface area contributed by atoms with Gasteiger partial charge in [-0.3, -0.25) is 4.79 Å². The summed E-state index contributed by atoms with van der Waals surface area (Å²) < 4.78 is 14.1. The topological polar surface area (TPSA) is 23.6 Å². The van der Waals surface area contributed by atoms with Crippen LogP contribution in [0.1, 0.15) is 55.8 Å². The van der Waals surface area contributed by atoms with Crippen LogP contribution in [0.2, 0.25) is 0 Å². The molecule has 0 saturated carbocycles. The first-order valence-electron chi connectivity index (χ1n) is 9.43. The van der Waals surface area contributed by atoms with Crippen molar-refractivity contribution in [3.63, 3.8) is 0 Å². The third kappa shape index (κ3) is 4.15. The van der Waals surface area contributed by atoms with Gasteiger partial charge in [-0.25, -0.2) is 4.39 Å². The molecule has 1 aromatic rings. The maximum Gasteiger partial charge on any atom is 0.257 e. The molecule has 4 heteroatoms. The summed E-state index contributed by atoms with van der Waals surface area (Å²) in [4.78, 5) is 17.4. The lowest BCUT2D eigenvalue weighted by atomic mass is 9.98. The second-order valence-electron chi connectivity index (χ2n) is 7.46. The fourth-order valence-corrected chi connectivity index (χ4v) is 3.97. The number of benzene rings is 1. The second kappa shape index (κ2) is 8.11. The monoisotopic (exact) mass is 332 g/mol. The fourth-order valence-electron chi connectivity index (χ4n) is 3.97. The largest absolute Gasteiger partial charge is 0.334 e. The molecule has 1 amide bonds. The fraction of sp³-hybridized carbons (Fsp3) is 0.650. The van der Waals surface area contributed by atoms with Gasteiger partial charge in [0.1, 0.15) is 5.82 Å². The Hall–Kier alpha value is -1.42. The first-order valence-corrected chi connectivity index (χ1v) is 9.43. The minimum atomic E-state index is -0.405. The van der Waals surface area contributed by atoms with Crippen LogP contribution in [0.25, 0.3) is 0 Å². The molecule has 24 heavy (non-hydrogen) atoms. The minimum absolute atomic E-state index is 0.134. The maximum atomic E-state index is 14.1. The number of amides is 1. The molecule has 1 atom stereocenters. The van der Waals surface area contributed by atoms with Crippen LogP contribution in [0.3, 0.4) is 0 Å². The Kier molecular flexibility index (Phi) is 5.88. The molecule has 2 aliphatic rings. The average Bonchev–Trinajstić information content (AvgIpc) is 2.82. The number of hydrogen-bond donors (Lipinski definition) is 0. The van der Waals surface area contributed by atoms with E-state index >= 15 is 0 Å². The Bertz CT molecular complexity index is 554. The molecule has 0 radical (unpaired) electrons. The number of halogens is 1. The third-order valence-corrected chi connectivity index (χ3v) is 5.59. The van der Waals surface area contributed by atoms with Crippen molar-refractivity contribution in [2.75, 3.05) is 26.2 Å². The van der Waals surface area contributed by atoms with Crippen LogP contribution in [0, 0.1) is 11.7 Å². The van der Waals surface area contributed by atoms with Gasteiger partial charge in [0.2, 0.25) is 0 Å². The highest BCUT2D eigenvalue weighted by Crippen LogP contribution is 2.23. The van der Waals surface area contributed by atoms with E-state index < -0.39 is 5.82 Å². The molecule has 2 heterocycles. The van der Waals surface area contributed by atoms with E-state index in [1.54, 1.807) is 18.2 Å². The quantitative estimate of drug-likeness (QED) is 0.837. The summed E-state index contributed by atoms with van der Waals surface area (Å²) in [5, 5.41) is 0. The van der Waals surface area contributed by atoms with Gasteiger partial charge in [0, 0.05) is 19.1 Å². The predicted octanol–water partition coefficient (Wildman–Crippen LogP) is 3.94. The summed E-state index contributed by atoms with van der Waals surface area (Å²) >= 11 is 0. The lowest BCUT2D eigenvalue weighted by Gasteiger charge is -2.37. The van der Waals surface area contributed by atoms with Crippen LogP contribution in [0.5, 0.6) is 0 Å². The normalized spacial score (nSPS) is 23.9. The molecule has 0 spiro atoms. The molecule has 0 aliphatic carbocycles. The number of rotatable bonds is 3. The van der Waals surface area contributed by atoms with E-state index in [1.807, 2.05) is 4.90 Å². The van der Waals surface area contributed by atoms with Crippen molar-refractivity contribution in [3.8, 4) is 0 Å². The summed E-state index contributed by atoms with van der Waals surface area (Å²) in [5.41, 5.74) is 0.219. The standard InChI is InChI=1S/C20H29FN2O/c1-16-10-13-22(14-11-16)15-17-7-3-2-6-12-23(17)20(24)18-8-4-5-9-19(18)21/h4-5,8-9,16-17H,2-3,6-7,10-15H2,1H3/t17-/m1/s1. The average molecular weight is 332 g/mol. The van der Waals surface area contributed by atoms with Crippen LogP contribution in [0.4, 0.5) is 4.39 Å². The SMILES string of the molecule is CC1CCN(C[C@H]2CCCCCN2C(=O)c2ccccc2F)CC1. The first-order chi connectivity index (χ1) is 11.6. The van der Waals surface area contributed by atoms with Gasteiger partial charge in [-0.1, -0.05) is 31.9 Å². The molecule has 0 unspecified atom stereocenters. The Morgan fingerprint density at radius 3 is 2.58 bits per heavy atom. The summed E-state index contributed by atoms with van der Waals surface area (Å²) in [5.74, 6) is 0.272. The van der Waals surface area contributed by atoms with Crippen LogP contribution in [-0.4, -0.2) is 47.9 Å². The van der Waals surface area contributed by atoms with Gasteiger partial charge >= 0.3 is 0 Å². The van der Waals surface area contributed by atoms with Gasteiger partial charge in [0.05, 0.1) is 5.56 Å². The zero-order valence-electron chi connectivity index (χ0n) is 14.7. The molecular formula is C20H29FN2O. The second-order valence-corrected chi connectivity index (χ2v) is 7.46.